The Hall–Kier alpha value is -2.37. The standard InChI is InChI=1S/C10H8FN3O2/c11-7-5-6(1-2-8(7)12)14-4-3-9(15)13-10(14)16/h1-5H,12H2,(H,13,15,16). The van der Waals surface area contributed by atoms with E-state index in [-0.39, 0.29) is 5.69 Å². The highest BCUT2D eigenvalue weighted by atomic mass is 19.1. The van der Waals surface area contributed by atoms with E-state index in [0.29, 0.717) is 5.69 Å². The van der Waals surface area contributed by atoms with Crippen LogP contribution in [-0.4, -0.2) is 9.55 Å². The first kappa shape index (κ1) is 10.2. The largest absolute Gasteiger partial charge is 0.396 e. The Bertz CT molecular complexity index is 645. The maximum Gasteiger partial charge on any atom is 0.332 e. The first-order chi connectivity index (χ1) is 7.58. The van der Waals surface area contributed by atoms with Crippen LogP contribution in [0, 0.1) is 5.82 Å². The summed E-state index contributed by atoms with van der Waals surface area (Å²) < 4.78 is 14.3. The fourth-order valence-electron chi connectivity index (χ4n) is 1.29. The summed E-state index contributed by atoms with van der Waals surface area (Å²) in [5.74, 6) is -0.615. The summed E-state index contributed by atoms with van der Waals surface area (Å²) in [6.45, 7) is 0. The molecule has 2 aromatic rings. The zero-order chi connectivity index (χ0) is 11.7. The molecule has 6 heteroatoms. The highest BCUT2D eigenvalue weighted by molar-refractivity contribution is 5.46. The Morgan fingerprint density at radius 1 is 1.25 bits per heavy atom. The number of nitrogens with two attached hydrogens (primary N) is 1. The number of H-pyrrole nitrogens is 1. The molecular weight excluding hydrogens is 213 g/mol. The molecular formula is C10H8FN3O2. The van der Waals surface area contributed by atoms with E-state index in [9.17, 15) is 14.0 Å². The van der Waals surface area contributed by atoms with Gasteiger partial charge in [-0.05, 0) is 12.1 Å². The Morgan fingerprint density at radius 3 is 2.62 bits per heavy atom. The Kier molecular flexibility index (Phi) is 2.32. The van der Waals surface area contributed by atoms with Crippen LogP contribution >= 0.6 is 0 Å². The number of hydrogen-bond acceptors (Lipinski definition) is 3. The van der Waals surface area contributed by atoms with Crippen LogP contribution in [0.4, 0.5) is 10.1 Å². The molecule has 0 aliphatic carbocycles. The number of rotatable bonds is 1. The molecule has 16 heavy (non-hydrogen) atoms. The Labute approximate surface area is 89.0 Å². The molecule has 0 aliphatic heterocycles. The molecule has 1 aromatic heterocycles. The van der Waals surface area contributed by atoms with Gasteiger partial charge >= 0.3 is 5.69 Å². The summed E-state index contributed by atoms with van der Waals surface area (Å²) in [5.41, 5.74) is 4.48. The summed E-state index contributed by atoms with van der Waals surface area (Å²) in [6, 6.07) is 5.13. The van der Waals surface area contributed by atoms with Crippen LogP contribution in [0.1, 0.15) is 0 Å². The van der Waals surface area contributed by atoms with Gasteiger partial charge in [-0.1, -0.05) is 0 Å². The molecule has 0 amide bonds. The lowest BCUT2D eigenvalue weighted by Gasteiger charge is -2.05. The molecule has 3 N–H and O–H groups in total. The van der Waals surface area contributed by atoms with E-state index in [1.807, 2.05) is 0 Å². The second kappa shape index (κ2) is 3.65. The molecule has 0 bridgehead atoms. The first-order valence-corrected chi connectivity index (χ1v) is 4.45. The maximum atomic E-state index is 13.2. The highest BCUT2D eigenvalue weighted by Gasteiger charge is 2.03. The molecule has 0 saturated carbocycles. The normalized spacial score (nSPS) is 10.3. The number of nitrogen functional groups attached to an aromatic ring is 1. The van der Waals surface area contributed by atoms with Crippen molar-refractivity contribution < 1.29 is 4.39 Å². The van der Waals surface area contributed by atoms with Crippen molar-refractivity contribution in [3.63, 3.8) is 0 Å². The fraction of sp³-hybridized carbons (Fsp3) is 0. The SMILES string of the molecule is Nc1ccc(-n2ccc(=O)[nH]c2=O)cc1F. The number of nitrogens with one attached hydrogen (secondary N) is 1. The van der Waals surface area contributed by atoms with Crippen molar-refractivity contribution in [2.45, 2.75) is 0 Å². The van der Waals surface area contributed by atoms with Crippen molar-refractivity contribution in [3.05, 3.63) is 57.1 Å². The molecule has 0 unspecified atom stereocenters. The van der Waals surface area contributed by atoms with Gasteiger partial charge in [-0.3, -0.25) is 14.3 Å². The van der Waals surface area contributed by atoms with Crippen LogP contribution in [0.3, 0.4) is 0 Å². The number of aromatic amines is 1. The predicted octanol–water partition coefficient (Wildman–Crippen LogP) is 0.247. The van der Waals surface area contributed by atoms with E-state index in [2.05, 4.69) is 4.98 Å². The fourth-order valence-corrected chi connectivity index (χ4v) is 1.29. The number of nitrogens with zero attached hydrogens (tertiary/aromatic N) is 1. The van der Waals surface area contributed by atoms with E-state index in [1.165, 1.54) is 24.4 Å². The molecule has 0 fully saturated rings. The van der Waals surface area contributed by atoms with Gasteiger partial charge in [-0.25, -0.2) is 9.18 Å². The zero-order valence-corrected chi connectivity index (χ0v) is 8.11. The lowest BCUT2D eigenvalue weighted by molar-refractivity contribution is 0.630. The summed E-state index contributed by atoms with van der Waals surface area (Å²) >= 11 is 0. The number of benzene rings is 1. The van der Waals surface area contributed by atoms with E-state index in [1.54, 1.807) is 0 Å². The van der Waals surface area contributed by atoms with E-state index in [4.69, 9.17) is 5.73 Å². The zero-order valence-electron chi connectivity index (χ0n) is 8.11. The van der Waals surface area contributed by atoms with Crippen molar-refractivity contribution >= 4 is 5.69 Å². The summed E-state index contributed by atoms with van der Waals surface area (Å²) in [5, 5.41) is 0. The first-order valence-electron chi connectivity index (χ1n) is 4.45. The average molecular weight is 221 g/mol. The molecule has 0 spiro atoms. The van der Waals surface area contributed by atoms with Crippen LogP contribution in [0.2, 0.25) is 0 Å². The van der Waals surface area contributed by atoms with Crippen LogP contribution < -0.4 is 17.0 Å². The molecule has 0 aliphatic rings. The van der Waals surface area contributed by atoms with Crippen molar-refractivity contribution in [2.75, 3.05) is 5.73 Å². The van der Waals surface area contributed by atoms with Gasteiger partial charge in [0.05, 0.1) is 11.4 Å². The van der Waals surface area contributed by atoms with Gasteiger partial charge in [0.2, 0.25) is 0 Å². The smallest absolute Gasteiger partial charge is 0.332 e. The molecule has 0 saturated heterocycles. The van der Waals surface area contributed by atoms with Crippen molar-refractivity contribution in [2.24, 2.45) is 0 Å². The van der Waals surface area contributed by atoms with Gasteiger partial charge in [0, 0.05) is 18.3 Å². The van der Waals surface area contributed by atoms with Crippen LogP contribution in [0.15, 0.2) is 40.1 Å². The van der Waals surface area contributed by atoms with Gasteiger partial charge in [-0.2, -0.15) is 0 Å². The molecule has 82 valence electrons. The van der Waals surface area contributed by atoms with Crippen molar-refractivity contribution in [3.8, 4) is 5.69 Å². The van der Waals surface area contributed by atoms with Gasteiger partial charge < -0.3 is 5.73 Å². The number of aromatic nitrogens is 2. The summed E-state index contributed by atoms with van der Waals surface area (Å²) in [4.78, 5) is 24.3. The van der Waals surface area contributed by atoms with E-state index < -0.39 is 17.1 Å². The second-order valence-corrected chi connectivity index (χ2v) is 3.19. The minimum atomic E-state index is -0.628. The second-order valence-electron chi connectivity index (χ2n) is 3.19. The third-order valence-corrected chi connectivity index (χ3v) is 2.09. The highest BCUT2D eigenvalue weighted by Crippen LogP contribution is 2.13. The minimum Gasteiger partial charge on any atom is -0.396 e. The van der Waals surface area contributed by atoms with Gasteiger partial charge in [-0.15, -0.1) is 0 Å². The third-order valence-electron chi connectivity index (χ3n) is 2.09. The molecule has 0 radical (unpaired) electrons. The van der Waals surface area contributed by atoms with Crippen molar-refractivity contribution in [1.29, 1.82) is 0 Å². The van der Waals surface area contributed by atoms with Crippen LogP contribution in [-0.2, 0) is 0 Å². The average Bonchev–Trinajstić information content (AvgIpc) is 2.22. The topological polar surface area (TPSA) is 80.9 Å². The lowest BCUT2D eigenvalue weighted by Crippen LogP contribution is -2.27. The number of halogens is 1. The Balaban J connectivity index is 2.63. The van der Waals surface area contributed by atoms with Crippen LogP contribution in [0.25, 0.3) is 5.69 Å². The number of hydrogen-bond donors (Lipinski definition) is 2. The monoisotopic (exact) mass is 221 g/mol. The number of anilines is 1. The molecule has 0 atom stereocenters. The predicted molar refractivity (Wildman–Crippen MR) is 57.0 cm³/mol. The van der Waals surface area contributed by atoms with Gasteiger partial charge in [0.1, 0.15) is 5.82 Å². The summed E-state index contributed by atoms with van der Waals surface area (Å²) in [7, 11) is 0. The molecule has 1 aromatic carbocycles. The molecule has 1 heterocycles. The van der Waals surface area contributed by atoms with E-state index in [0.717, 1.165) is 10.6 Å². The van der Waals surface area contributed by atoms with Crippen LogP contribution in [0.5, 0.6) is 0 Å². The third kappa shape index (κ3) is 1.72. The van der Waals surface area contributed by atoms with Gasteiger partial charge in [0.25, 0.3) is 5.56 Å². The molecule has 2 rings (SSSR count). The Morgan fingerprint density at radius 2 is 2.00 bits per heavy atom. The minimum absolute atomic E-state index is 0.00113. The molecule has 5 nitrogen and oxygen atoms in total. The summed E-state index contributed by atoms with van der Waals surface area (Å²) in [6.07, 6.45) is 1.27. The van der Waals surface area contributed by atoms with Crippen molar-refractivity contribution in [1.82, 2.24) is 9.55 Å². The van der Waals surface area contributed by atoms with E-state index >= 15 is 0 Å². The maximum absolute atomic E-state index is 13.2. The lowest BCUT2D eigenvalue weighted by atomic mass is 10.2. The van der Waals surface area contributed by atoms with Gasteiger partial charge in [0.15, 0.2) is 0 Å². The quantitative estimate of drug-likeness (QED) is 0.677.